The molecule has 294 valence electrons. The minimum atomic E-state index is -0.569. The summed E-state index contributed by atoms with van der Waals surface area (Å²) in [4.78, 5) is 31.4. The fourth-order valence-electron chi connectivity index (χ4n) is 5.26. The Morgan fingerprint density at radius 1 is 0.603 bits per heavy atom. The van der Waals surface area contributed by atoms with Crippen LogP contribution in [0.3, 0.4) is 0 Å². The van der Waals surface area contributed by atoms with E-state index in [0.29, 0.717) is 55.5 Å². The van der Waals surface area contributed by atoms with Crippen molar-refractivity contribution >= 4 is 79.5 Å². The van der Waals surface area contributed by atoms with Crippen LogP contribution in [-0.2, 0) is 4.74 Å². The summed E-state index contributed by atoms with van der Waals surface area (Å²) in [5.74, 6) is -0.0256. The SMILES string of the molecule is C1CCOC1.Nc1ccc(-c2nc3ccc(Cl)cc3o2)cc1.O=C(Cl)c1ccc(F)cc1.O=C(Nc1ccc(-c2nc3ccc(Cl)cc3o2)cc1)c1ccc(F)cc1. The fourth-order valence-corrected chi connectivity index (χ4v) is 5.71. The summed E-state index contributed by atoms with van der Waals surface area (Å²) >= 11 is 16.9. The Labute approximate surface area is 346 Å². The zero-order valence-electron chi connectivity index (χ0n) is 30.4. The van der Waals surface area contributed by atoms with Crippen LogP contribution in [0.2, 0.25) is 10.0 Å². The number of benzene rings is 6. The number of carbonyl (C=O) groups excluding carboxylic acids is 2. The molecule has 1 amide bonds. The van der Waals surface area contributed by atoms with E-state index in [1.165, 1.54) is 61.4 Å². The van der Waals surface area contributed by atoms with Crippen molar-refractivity contribution in [3.8, 4) is 22.9 Å². The van der Waals surface area contributed by atoms with E-state index < -0.39 is 5.24 Å². The second kappa shape index (κ2) is 19.8. The number of aromatic nitrogens is 2. The number of halogens is 5. The Morgan fingerprint density at radius 2 is 1.05 bits per heavy atom. The number of nitrogens with one attached hydrogen (secondary N) is 1. The molecular weight excluding hydrogens is 809 g/mol. The first kappa shape index (κ1) is 41.5. The topological polar surface area (TPSA) is 133 Å². The number of hydrogen-bond acceptors (Lipinski definition) is 8. The van der Waals surface area contributed by atoms with E-state index in [-0.39, 0.29) is 17.5 Å². The molecule has 8 aromatic rings. The molecule has 6 aromatic carbocycles. The maximum atomic E-state index is 12.9. The predicted molar refractivity (Wildman–Crippen MR) is 224 cm³/mol. The van der Waals surface area contributed by atoms with Gasteiger partial charge < -0.3 is 24.6 Å². The number of nitrogens with two attached hydrogens (primary N) is 1. The van der Waals surface area contributed by atoms with Crippen LogP contribution >= 0.6 is 34.8 Å². The number of fused-ring (bicyclic) bond motifs is 2. The van der Waals surface area contributed by atoms with Crippen molar-refractivity contribution in [2.24, 2.45) is 0 Å². The molecule has 0 saturated carbocycles. The molecule has 3 heterocycles. The van der Waals surface area contributed by atoms with Crippen molar-refractivity contribution in [3.63, 3.8) is 0 Å². The number of oxazole rings is 2. The zero-order valence-corrected chi connectivity index (χ0v) is 32.7. The van der Waals surface area contributed by atoms with E-state index in [0.717, 1.165) is 35.4 Å². The highest BCUT2D eigenvalue weighted by atomic mass is 35.5. The third kappa shape index (κ3) is 11.7. The lowest BCUT2D eigenvalue weighted by Gasteiger charge is -2.05. The van der Waals surface area contributed by atoms with E-state index in [1.807, 2.05) is 30.3 Å². The molecule has 1 aliphatic heterocycles. The first-order chi connectivity index (χ1) is 28.0. The van der Waals surface area contributed by atoms with Crippen LogP contribution < -0.4 is 11.1 Å². The second-order valence-electron chi connectivity index (χ2n) is 12.5. The molecule has 0 atom stereocenters. The third-order valence-corrected chi connectivity index (χ3v) is 8.94. The Bertz CT molecular complexity index is 2610. The number of amides is 1. The number of carbonyl (C=O) groups is 2. The minimum Gasteiger partial charge on any atom is -0.436 e. The monoisotopic (exact) mass is 840 g/mol. The van der Waals surface area contributed by atoms with E-state index >= 15 is 0 Å². The maximum absolute atomic E-state index is 12.9. The number of nitrogen functional groups attached to an aromatic ring is 1. The highest BCUT2D eigenvalue weighted by Gasteiger charge is 2.11. The number of ether oxygens (including phenoxy) is 1. The molecule has 9 nitrogen and oxygen atoms in total. The van der Waals surface area contributed by atoms with Crippen molar-refractivity contribution in [2.45, 2.75) is 12.8 Å². The molecule has 1 fully saturated rings. The standard InChI is InChI=1S/C20H12ClFN2O2.C13H9ClN2O.C7H4ClFO.C4H8O/c21-14-5-10-17-18(11-14)26-20(24-17)13-3-8-16(9-4-13)23-19(25)12-1-6-15(22)7-2-12;14-9-3-6-11-12(7-9)17-13(16-11)8-1-4-10(15)5-2-8;8-7(10)5-1-3-6(9)4-2-5;1-2-4-5-3-1/h1-11H,(H,23,25);1-7H,15H2;1-4H;1-4H2. The van der Waals surface area contributed by atoms with Crippen molar-refractivity contribution in [2.75, 3.05) is 24.3 Å². The molecule has 9 rings (SSSR count). The molecule has 58 heavy (non-hydrogen) atoms. The van der Waals surface area contributed by atoms with Gasteiger partial charge in [-0.2, -0.15) is 0 Å². The summed E-state index contributed by atoms with van der Waals surface area (Å²) in [6.45, 7) is 2.00. The molecular formula is C44H33Cl3F2N4O5. The Kier molecular flexibility index (Phi) is 14.2. The van der Waals surface area contributed by atoms with Crippen LogP contribution in [0.15, 0.2) is 142 Å². The Balaban J connectivity index is 0.000000151. The van der Waals surface area contributed by atoms with Crippen molar-refractivity contribution in [1.82, 2.24) is 9.97 Å². The lowest BCUT2D eigenvalue weighted by atomic mass is 10.2. The molecule has 2 aromatic heterocycles. The Morgan fingerprint density at radius 3 is 1.48 bits per heavy atom. The summed E-state index contributed by atoms with van der Waals surface area (Å²) < 4.78 is 41.4. The van der Waals surface area contributed by atoms with Gasteiger partial charge in [0.15, 0.2) is 11.2 Å². The number of nitrogens with zero attached hydrogens (tertiary/aromatic N) is 2. The minimum absolute atomic E-state index is 0.308. The summed E-state index contributed by atoms with van der Waals surface area (Å²) in [5, 5.41) is 3.41. The van der Waals surface area contributed by atoms with Gasteiger partial charge in [0.05, 0.1) is 0 Å². The van der Waals surface area contributed by atoms with Crippen molar-refractivity contribution in [1.29, 1.82) is 0 Å². The van der Waals surface area contributed by atoms with Gasteiger partial charge >= 0.3 is 0 Å². The zero-order chi connectivity index (χ0) is 41.0. The molecule has 0 unspecified atom stereocenters. The van der Waals surface area contributed by atoms with Crippen molar-refractivity contribution < 1.29 is 31.9 Å². The van der Waals surface area contributed by atoms with Gasteiger partial charge in [-0.15, -0.1) is 0 Å². The average molecular weight is 842 g/mol. The third-order valence-electron chi connectivity index (χ3n) is 8.25. The fraction of sp³-hybridized carbons (Fsp3) is 0.0909. The van der Waals surface area contributed by atoms with Crippen LogP contribution in [0.25, 0.3) is 45.1 Å². The first-order valence-corrected chi connectivity index (χ1v) is 18.8. The molecule has 1 aliphatic rings. The summed E-state index contributed by atoms with van der Waals surface area (Å²) in [7, 11) is 0. The Hall–Kier alpha value is -6.11. The highest BCUT2D eigenvalue weighted by molar-refractivity contribution is 6.67. The summed E-state index contributed by atoms with van der Waals surface area (Å²) in [6, 6.07) is 35.5. The normalized spacial score (nSPS) is 11.7. The number of hydrogen-bond donors (Lipinski definition) is 2. The van der Waals surface area contributed by atoms with E-state index in [1.54, 1.807) is 54.6 Å². The second-order valence-corrected chi connectivity index (χ2v) is 13.7. The maximum Gasteiger partial charge on any atom is 0.255 e. The van der Waals surface area contributed by atoms with Gasteiger partial charge in [-0.05, 0) is 146 Å². The smallest absolute Gasteiger partial charge is 0.255 e. The lowest BCUT2D eigenvalue weighted by Crippen LogP contribution is -2.11. The lowest BCUT2D eigenvalue weighted by molar-refractivity contribution is 0.102. The van der Waals surface area contributed by atoms with Gasteiger partial charge in [0, 0.05) is 69.0 Å². The summed E-state index contributed by atoms with van der Waals surface area (Å²) in [5.41, 5.74) is 12.1. The van der Waals surface area contributed by atoms with Crippen molar-refractivity contribution in [3.05, 3.63) is 166 Å². The van der Waals surface area contributed by atoms with E-state index in [9.17, 15) is 18.4 Å². The summed E-state index contributed by atoms with van der Waals surface area (Å²) in [6.07, 6.45) is 2.56. The molecule has 1 saturated heterocycles. The van der Waals surface area contributed by atoms with Crippen LogP contribution in [0.4, 0.5) is 20.2 Å². The van der Waals surface area contributed by atoms with E-state index in [4.69, 9.17) is 54.1 Å². The molecule has 14 heteroatoms. The van der Waals surface area contributed by atoms with Crippen LogP contribution in [0, 0.1) is 11.6 Å². The van der Waals surface area contributed by atoms with Gasteiger partial charge in [0.1, 0.15) is 22.7 Å². The van der Waals surface area contributed by atoms with Crippen LogP contribution in [-0.4, -0.2) is 34.3 Å². The number of rotatable bonds is 5. The van der Waals surface area contributed by atoms with Crippen LogP contribution in [0.1, 0.15) is 33.6 Å². The van der Waals surface area contributed by atoms with Gasteiger partial charge in [0.25, 0.3) is 11.1 Å². The first-order valence-electron chi connectivity index (χ1n) is 17.7. The highest BCUT2D eigenvalue weighted by Crippen LogP contribution is 2.28. The van der Waals surface area contributed by atoms with Gasteiger partial charge in [-0.25, -0.2) is 18.7 Å². The van der Waals surface area contributed by atoms with Gasteiger partial charge in [0.2, 0.25) is 11.8 Å². The predicted octanol–water partition coefficient (Wildman–Crippen LogP) is 12.3. The molecule has 0 bridgehead atoms. The number of anilines is 2. The van der Waals surface area contributed by atoms with Gasteiger partial charge in [-0.1, -0.05) is 23.2 Å². The van der Waals surface area contributed by atoms with Gasteiger partial charge in [-0.3, -0.25) is 9.59 Å². The average Bonchev–Trinajstić information content (AvgIpc) is 4.02. The molecule has 0 radical (unpaired) electrons. The molecule has 0 aliphatic carbocycles. The quantitative estimate of drug-likeness (QED) is 0.129. The largest absolute Gasteiger partial charge is 0.436 e. The van der Waals surface area contributed by atoms with Crippen LogP contribution in [0.5, 0.6) is 0 Å². The molecule has 0 spiro atoms. The molecule has 3 N–H and O–H groups in total. The van der Waals surface area contributed by atoms with E-state index in [2.05, 4.69) is 15.3 Å².